The molecule has 1 nitrogen and oxygen atoms in total. The van der Waals surface area contributed by atoms with Crippen LogP contribution in [-0.2, 0) is 11.8 Å². The molecule has 1 N–H and O–H groups in total. The molecule has 1 aromatic rings. The summed E-state index contributed by atoms with van der Waals surface area (Å²) in [6, 6.07) is 5.13. The molecule has 2 aliphatic carbocycles. The molecule has 3 rings (SSSR count). The molecule has 17 heavy (non-hydrogen) atoms. The zero-order valence-corrected chi connectivity index (χ0v) is 10.1. The van der Waals surface area contributed by atoms with Crippen molar-refractivity contribution >= 4 is 0 Å². The Morgan fingerprint density at radius 1 is 1.18 bits per heavy atom. The lowest BCUT2D eigenvalue weighted by Crippen LogP contribution is -2.45. The third-order valence-corrected chi connectivity index (χ3v) is 4.67. The quantitative estimate of drug-likeness (QED) is 0.730. The Labute approximate surface area is 102 Å². The number of rotatable bonds is 0. The lowest BCUT2D eigenvalue weighted by Gasteiger charge is -2.45. The molecular weight excluding hydrogens is 215 g/mol. The fraction of sp³-hybridized carbons (Fsp3) is 0.600. The minimum Gasteiger partial charge on any atom is -0.392 e. The molecule has 0 aromatic heterocycles. The number of halogens is 1. The Hall–Kier alpha value is -0.890. The van der Waals surface area contributed by atoms with Gasteiger partial charge in [0.1, 0.15) is 5.82 Å². The first kappa shape index (κ1) is 11.2. The Kier molecular flexibility index (Phi) is 2.70. The van der Waals surface area contributed by atoms with Gasteiger partial charge in [-0.25, -0.2) is 4.39 Å². The van der Waals surface area contributed by atoms with Crippen molar-refractivity contribution in [1.82, 2.24) is 0 Å². The molecule has 0 bridgehead atoms. The number of aryl methyl sites for hydroxylation is 1. The van der Waals surface area contributed by atoms with Crippen LogP contribution in [0, 0.1) is 5.82 Å². The number of fused-ring (bicyclic) bond motifs is 2. The van der Waals surface area contributed by atoms with Crippen LogP contribution in [0.3, 0.4) is 0 Å². The van der Waals surface area contributed by atoms with Crippen LogP contribution < -0.4 is 0 Å². The lowest BCUT2D eigenvalue weighted by molar-refractivity contribution is 0.0389. The van der Waals surface area contributed by atoms with E-state index in [4.69, 9.17) is 0 Å². The minimum atomic E-state index is -0.235. The fourth-order valence-corrected chi connectivity index (χ4v) is 3.79. The summed E-state index contributed by atoms with van der Waals surface area (Å²) >= 11 is 0. The van der Waals surface area contributed by atoms with Gasteiger partial charge in [-0.1, -0.05) is 25.3 Å². The normalized spacial score (nSPS) is 26.8. The monoisotopic (exact) mass is 234 g/mol. The van der Waals surface area contributed by atoms with Crippen molar-refractivity contribution in [2.24, 2.45) is 0 Å². The van der Waals surface area contributed by atoms with Crippen LogP contribution in [0.2, 0.25) is 0 Å². The van der Waals surface area contributed by atoms with Gasteiger partial charge in [0.15, 0.2) is 0 Å². The molecule has 1 aromatic carbocycles. The molecule has 0 aliphatic heterocycles. The van der Waals surface area contributed by atoms with Crippen LogP contribution in [0.4, 0.5) is 4.39 Å². The minimum absolute atomic E-state index is 0.0699. The molecule has 1 saturated carbocycles. The number of aliphatic hydroxyl groups excluding tert-OH is 1. The maximum atomic E-state index is 13.3. The summed E-state index contributed by atoms with van der Waals surface area (Å²) in [6.07, 6.45) is 7.14. The van der Waals surface area contributed by atoms with Crippen molar-refractivity contribution in [3.8, 4) is 0 Å². The second kappa shape index (κ2) is 4.09. The summed E-state index contributed by atoms with van der Waals surface area (Å²) < 4.78 is 13.3. The summed E-state index contributed by atoms with van der Waals surface area (Å²) in [5, 5.41) is 10.4. The highest BCUT2D eigenvalue weighted by Crippen LogP contribution is 2.47. The first-order valence-corrected chi connectivity index (χ1v) is 6.69. The van der Waals surface area contributed by atoms with Crippen molar-refractivity contribution < 1.29 is 9.50 Å². The topological polar surface area (TPSA) is 20.2 Å². The van der Waals surface area contributed by atoms with E-state index in [1.165, 1.54) is 24.8 Å². The summed E-state index contributed by atoms with van der Waals surface area (Å²) in [5.41, 5.74) is 2.27. The van der Waals surface area contributed by atoms with E-state index in [9.17, 15) is 9.50 Å². The zero-order chi connectivity index (χ0) is 11.9. The van der Waals surface area contributed by atoms with E-state index in [-0.39, 0.29) is 17.3 Å². The molecule has 0 radical (unpaired) electrons. The van der Waals surface area contributed by atoms with Gasteiger partial charge in [-0.3, -0.25) is 0 Å². The van der Waals surface area contributed by atoms with Crippen molar-refractivity contribution in [2.45, 2.75) is 56.5 Å². The molecule has 0 amide bonds. The third kappa shape index (κ3) is 1.70. The van der Waals surface area contributed by atoms with Crippen LogP contribution >= 0.6 is 0 Å². The predicted octanol–water partition coefficient (Wildman–Crippen LogP) is 3.33. The van der Waals surface area contributed by atoms with Crippen LogP contribution in [0.15, 0.2) is 18.2 Å². The largest absolute Gasteiger partial charge is 0.392 e. The SMILES string of the molecule is OC1CCc2cc(F)ccc2C12CCCCC2. The van der Waals surface area contributed by atoms with Gasteiger partial charge in [-0.15, -0.1) is 0 Å². The number of hydrogen-bond donors (Lipinski definition) is 1. The predicted molar refractivity (Wildman–Crippen MR) is 65.5 cm³/mol. The number of hydrogen-bond acceptors (Lipinski definition) is 1. The smallest absolute Gasteiger partial charge is 0.123 e. The summed E-state index contributed by atoms with van der Waals surface area (Å²) in [5.74, 6) is -0.147. The maximum Gasteiger partial charge on any atom is 0.123 e. The molecule has 2 heteroatoms. The number of benzene rings is 1. The summed E-state index contributed by atoms with van der Waals surface area (Å²) in [4.78, 5) is 0. The Balaban J connectivity index is 2.09. The molecule has 1 spiro atoms. The van der Waals surface area contributed by atoms with Gasteiger partial charge in [-0.2, -0.15) is 0 Å². The van der Waals surface area contributed by atoms with Crippen LogP contribution in [0.5, 0.6) is 0 Å². The van der Waals surface area contributed by atoms with Crippen molar-refractivity contribution in [1.29, 1.82) is 0 Å². The van der Waals surface area contributed by atoms with Crippen molar-refractivity contribution in [3.63, 3.8) is 0 Å². The lowest BCUT2D eigenvalue weighted by atomic mass is 9.61. The van der Waals surface area contributed by atoms with E-state index in [0.29, 0.717) is 0 Å². The first-order valence-electron chi connectivity index (χ1n) is 6.69. The summed E-state index contributed by atoms with van der Waals surface area (Å²) in [6.45, 7) is 0. The molecule has 0 heterocycles. The van der Waals surface area contributed by atoms with E-state index in [0.717, 1.165) is 31.2 Å². The van der Waals surface area contributed by atoms with Gasteiger partial charge in [-0.05, 0) is 48.9 Å². The van der Waals surface area contributed by atoms with Gasteiger partial charge in [0.2, 0.25) is 0 Å². The molecule has 1 fully saturated rings. The summed E-state index contributed by atoms with van der Waals surface area (Å²) in [7, 11) is 0. The Morgan fingerprint density at radius 2 is 1.94 bits per heavy atom. The Morgan fingerprint density at radius 3 is 2.71 bits per heavy atom. The average Bonchev–Trinajstić information content (AvgIpc) is 2.35. The molecular formula is C15H19FO. The van der Waals surface area contributed by atoms with Crippen molar-refractivity contribution in [3.05, 3.63) is 35.1 Å². The van der Waals surface area contributed by atoms with Crippen LogP contribution in [-0.4, -0.2) is 11.2 Å². The van der Waals surface area contributed by atoms with E-state index in [1.54, 1.807) is 12.1 Å². The van der Waals surface area contributed by atoms with E-state index >= 15 is 0 Å². The second-order valence-corrected chi connectivity index (χ2v) is 5.57. The van der Waals surface area contributed by atoms with E-state index in [2.05, 4.69) is 0 Å². The second-order valence-electron chi connectivity index (χ2n) is 5.57. The van der Waals surface area contributed by atoms with Gasteiger partial charge in [0.05, 0.1) is 6.10 Å². The van der Waals surface area contributed by atoms with Gasteiger partial charge < -0.3 is 5.11 Å². The van der Waals surface area contributed by atoms with Gasteiger partial charge >= 0.3 is 0 Å². The molecule has 2 aliphatic rings. The molecule has 0 saturated heterocycles. The maximum absolute atomic E-state index is 13.3. The fourth-order valence-electron chi connectivity index (χ4n) is 3.79. The highest BCUT2D eigenvalue weighted by Gasteiger charge is 2.43. The van der Waals surface area contributed by atoms with Gasteiger partial charge in [0.25, 0.3) is 0 Å². The molecule has 92 valence electrons. The van der Waals surface area contributed by atoms with E-state index in [1.807, 2.05) is 6.07 Å². The van der Waals surface area contributed by atoms with E-state index < -0.39 is 0 Å². The third-order valence-electron chi connectivity index (χ3n) is 4.67. The highest BCUT2D eigenvalue weighted by molar-refractivity contribution is 5.39. The highest BCUT2D eigenvalue weighted by atomic mass is 19.1. The standard InChI is InChI=1S/C15H19FO/c16-12-5-6-13-11(10-12)4-7-14(17)15(13)8-2-1-3-9-15/h5-6,10,14,17H,1-4,7-9H2. The van der Waals surface area contributed by atoms with Crippen LogP contribution in [0.1, 0.15) is 49.7 Å². The average molecular weight is 234 g/mol. The van der Waals surface area contributed by atoms with Gasteiger partial charge in [0, 0.05) is 5.41 Å². The molecule has 1 unspecified atom stereocenters. The van der Waals surface area contributed by atoms with Crippen molar-refractivity contribution in [2.75, 3.05) is 0 Å². The van der Waals surface area contributed by atoms with Crippen LogP contribution in [0.25, 0.3) is 0 Å². The Bertz CT molecular complexity index is 421. The molecule has 1 atom stereocenters. The first-order chi connectivity index (χ1) is 8.22. The zero-order valence-electron chi connectivity index (χ0n) is 10.1. The number of aliphatic hydroxyl groups is 1.